The molecule has 0 radical (unpaired) electrons. The zero-order chi connectivity index (χ0) is 22.4. The summed E-state index contributed by atoms with van der Waals surface area (Å²) in [5.74, 6) is 0.167. The van der Waals surface area contributed by atoms with Gasteiger partial charge in [-0.15, -0.1) is 0 Å². The molecule has 1 heterocycles. The van der Waals surface area contributed by atoms with E-state index in [-0.39, 0.29) is 17.6 Å². The van der Waals surface area contributed by atoms with Crippen molar-refractivity contribution in [3.05, 3.63) is 65.0 Å². The molecule has 0 saturated carbocycles. The number of hydrogen-bond donors (Lipinski definition) is 0. The van der Waals surface area contributed by atoms with Gasteiger partial charge in [-0.25, -0.2) is 4.39 Å². The maximum absolute atomic E-state index is 13.9. The van der Waals surface area contributed by atoms with Crippen LogP contribution in [0.2, 0.25) is 0 Å². The Morgan fingerprint density at radius 2 is 1.71 bits per heavy atom. The van der Waals surface area contributed by atoms with Gasteiger partial charge < -0.3 is 14.5 Å². The highest BCUT2D eigenvalue weighted by Gasteiger charge is 2.24. The summed E-state index contributed by atoms with van der Waals surface area (Å²) in [4.78, 5) is 27.9. The van der Waals surface area contributed by atoms with Crippen LogP contribution in [0.3, 0.4) is 0 Å². The standard InChI is InChI=1S/C25H31FN2O3/c1-27(2)24(29)11-8-18-4-6-19(7-5-18)16-20-12-14-28(15-13-20)25(30)21-9-10-23(31-3)22(26)17-21/h4-7,9-10,17,20H,8,11-16H2,1-3H3. The lowest BCUT2D eigenvalue weighted by Gasteiger charge is -2.32. The summed E-state index contributed by atoms with van der Waals surface area (Å²) in [5, 5.41) is 0. The Morgan fingerprint density at radius 1 is 1.06 bits per heavy atom. The molecule has 0 bridgehead atoms. The predicted octanol–water partition coefficient (Wildman–Crippen LogP) is 3.95. The van der Waals surface area contributed by atoms with Crippen LogP contribution in [0.5, 0.6) is 5.75 Å². The van der Waals surface area contributed by atoms with Crippen LogP contribution >= 0.6 is 0 Å². The molecule has 2 aromatic rings. The van der Waals surface area contributed by atoms with Gasteiger partial charge in [0.15, 0.2) is 11.6 Å². The minimum absolute atomic E-state index is 0.128. The van der Waals surface area contributed by atoms with Crippen LogP contribution in [0.25, 0.3) is 0 Å². The maximum atomic E-state index is 13.9. The van der Waals surface area contributed by atoms with Crippen LogP contribution in [0.4, 0.5) is 4.39 Å². The minimum Gasteiger partial charge on any atom is -0.494 e. The van der Waals surface area contributed by atoms with E-state index >= 15 is 0 Å². The Bertz CT molecular complexity index is 903. The normalized spacial score (nSPS) is 14.4. The van der Waals surface area contributed by atoms with Crippen molar-refractivity contribution in [3.63, 3.8) is 0 Å². The third-order valence-corrected chi connectivity index (χ3v) is 5.97. The van der Waals surface area contributed by atoms with Crippen LogP contribution in [0.15, 0.2) is 42.5 Å². The second-order valence-electron chi connectivity index (χ2n) is 8.39. The zero-order valence-electron chi connectivity index (χ0n) is 18.6. The van der Waals surface area contributed by atoms with Gasteiger partial charge in [0, 0.05) is 39.2 Å². The number of rotatable bonds is 7. The minimum atomic E-state index is -0.516. The maximum Gasteiger partial charge on any atom is 0.253 e. The molecular weight excluding hydrogens is 395 g/mol. The Hall–Kier alpha value is -2.89. The van der Waals surface area contributed by atoms with E-state index < -0.39 is 5.82 Å². The van der Waals surface area contributed by atoms with Gasteiger partial charge in [-0.2, -0.15) is 0 Å². The van der Waals surface area contributed by atoms with Gasteiger partial charge in [-0.3, -0.25) is 9.59 Å². The molecule has 31 heavy (non-hydrogen) atoms. The first-order chi connectivity index (χ1) is 14.9. The van der Waals surface area contributed by atoms with E-state index in [1.165, 1.54) is 30.4 Å². The number of aryl methyl sites for hydroxylation is 1. The number of hydrogen-bond acceptors (Lipinski definition) is 3. The van der Waals surface area contributed by atoms with Gasteiger partial charge >= 0.3 is 0 Å². The Labute approximate surface area is 183 Å². The van der Waals surface area contributed by atoms with Crippen molar-refractivity contribution in [2.75, 3.05) is 34.3 Å². The van der Waals surface area contributed by atoms with Gasteiger partial charge in [0.1, 0.15) is 0 Å². The largest absolute Gasteiger partial charge is 0.494 e. The molecule has 0 aromatic heterocycles. The number of nitrogens with zero attached hydrogens (tertiary/aromatic N) is 2. The van der Waals surface area contributed by atoms with E-state index in [0.29, 0.717) is 31.0 Å². The van der Waals surface area contributed by atoms with E-state index in [1.807, 2.05) is 4.90 Å². The fourth-order valence-electron chi connectivity index (χ4n) is 3.97. The number of benzene rings is 2. The Balaban J connectivity index is 1.48. The third-order valence-electron chi connectivity index (χ3n) is 5.97. The Kier molecular flexibility index (Phi) is 7.66. The summed E-state index contributed by atoms with van der Waals surface area (Å²) in [5.41, 5.74) is 2.82. The van der Waals surface area contributed by atoms with Crippen LogP contribution in [-0.4, -0.2) is 55.9 Å². The van der Waals surface area contributed by atoms with Crippen LogP contribution < -0.4 is 4.74 Å². The number of ether oxygens (including phenoxy) is 1. The van der Waals surface area contributed by atoms with Gasteiger partial charge in [-0.05, 0) is 60.9 Å². The second kappa shape index (κ2) is 10.4. The highest BCUT2D eigenvalue weighted by Crippen LogP contribution is 2.24. The molecule has 5 nitrogen and oxygen atoms in total. The molecule has 0 unspecified atom stereocenters. The number of carbonyl (C=O) groups is 2. The highest BCUT2D eigenvalue weighted by molar-refractivity contribution is 5.94. The summed E-state index contributed by atoms with van der Waals surface area (Å²) in [6.45, 7) is 1.36. The molecule has 0 N–H and O–H groups in total. The average Bonchev–Trinajstić information content (AvgIpc) is 2.78. The first-order valence-corrected chi connectivity index (χ1v) is 10.8. The number of carbonyl (C=O) groups excluding carboxylic acids is 2. The molecule has 3 rings (SSSR count). The van der Waals surface area contributed by atoms with Crippen molar-refractivity contribution in [2.45, 2.75) is 32.1 Å². The van der Waals surface area contributed by atoms with Gasteiger partial charge in [0.2, 0.25) is 5.91 Å². The lowest BCUT2D eigenvalue weighted by molar-refractivity contribution is -0.128. The fraction of sp³-hybridized carbons (Fsp3) is 0.440. The number of likely N-dealkylation sites (tertiary alicyclic amines) is 1. The summed E-state index contributed by atoms with van der Waals surface area (Å²) in [6.07, 6.45) is 4.13. The molecule has 0 aliphatic carbocycles. The van der Waals surface area contributed by atoms with Crippen LogP contribution in [0, 0.1) is 11.7 Å². The molecule has 6 heteroatoms. The van der Waals surface area contributed by atoms with E-state index in [4.69, 9.17) is 4.74 Å². The molecule has 0 spiro atoms. The van der Waals surface area contributed by atoms with E-state index in [0.717, 1.165) is 25.7 Å². The molecule has 1 aliphatic heterocycles. The molecule has 0 atom stereocenters. The number of piperidine rings is 1. The zero-order valence-corrected chi connectivity index (χ0v) is 18.6. The van der Waals surface area contributed by atoms with Gasteiger partial charge in [0.25, 0.3) is 5.91 Å². The molecule has 1 saturated heterocycles. The highest BCUT2D eigenvalue weighted by atomic mass is 19.1. The SMILES string of the molecule is COc1ccc(C(=O)N2CCC(Cc3ccc(CCC(=O)N(C)C)cc3)CC2)cc1F. The van der Waals surface area contributed by atoms with Gasteiger partial charge in [0.05, 0.1) is 7.11 Å². The molecule has 1 aliphatic rings. The van der Waals surface area contributed by atoms with E-state index in [9.17, 15) is 14.0 Å². The topological polar surface area (TPSA) is 49.9 Å². The second-order valence-corrected chi connectivity index (χ2v) is 8.39. The number of amides is 2. The first kappa shape index (κ1) is 22.8. The lowest BCUT2D eigenvalue weighted by Crippen LogP contribution is -2.38. The van der Waals surface area contributed by atoms with Crippen molar-refractivity contribution in [1.29, 1.82) is 0 Å². The van der Waals surface area contributed by atoms with Crippen molar-refractivity contribution in [2.24, 2.45) is 5.92 Å². The molecule has 2 amide bonds. The smallest absolute Gasteiger partial charge is 0.253 e. The lowest BCUT2D eigenvalue weighted by atomic mass is 9.89. The molecule has 1 fully saturated rings. The number of halogens is 1. The fourth-order valence-corrected chi connectivity index (χ4v) is 3.97. The molecule has 2 aromatic carbocycles. The van der Waals surface area contributed by atoms with Gasteiger partial charge in [-0.1, -0.05) is 24.3 Å². The quantitative estimate of drug-likeness (QED) is 0.674. The average molecular weight is 427 g/mol. The summed E-state index contributed by atoms with van der Waals surface area (Å²) in [7, 11) is 4.96. The van der Waals surface area contributed by atoms with E-state index in [1.54, 1.807) is 25.1 Å². The van der Waals surface area contributed by atoms with Crippen molar-refractivity contribution in [1.82, 2.24) is 9.80 Å². The summed E-state index contributed by atoms with van der Waals surface area (Å²) >= 11 is 0. The van der Waals surface area contributed by atoms with Crippen molar-refractivity contribution < 1.29 is 18.7 Å². The number of methoxy groups -OCH3 is 1. The summed E-state index contributed by atoms with van der Waals surface area (Å²) in [6, 6.07) is 12.9. The van der Waals surface area contributed by atoms with Crippen molar-refractivity contribution in [3.8, 4) is 5.75 Å². The van der Waals surface area contributed by atoms with Crippen molar-refractivity contribution >= 4 is 11.8 Å². The third kappa shape index (κ3) is 6.06. The molecular formula is C25H31FN2O3. The molecule has 166 valence electrons. The monoisotopic (exact) mass is 426 g/mol. The first-order valence-electron chi connectivity index (χ1n) is 10.8. The van der Waals surface area contributed by atoms with Crippen LogP contribution in [0.1, 0.15) is 40.7 Å². The Morgan fingerprint density at radius 3 is 2.29 bits per heavy atom. The van der Waals surface area contributed by atoms with Crippen LogP contribution in [-0.2, 0) is 17.6 Å². The predicted molar refractivity (Wildman–Crippen MR) is 119 cm³/mol. The summed E-state index contributed by atoms with van der Waals surface area (Å²) < 4.78 is 18.8. The van der Waals surface area contributed by atoms with E-state index in [2.05, 4.69) is 24.3 Å².